The topological polar surface area (TPSA) is 99.3 Å². The van der Waals surface area contributed by atoms with Crippen molar-refractivity contribution in [1.82, 2.24) is 14.7 Å². The summed E-state index contributed by atoms with van der Waals surface area (Å²) in [4.78, 5) is 30.6. The van der Waals surface area contributed by atoms with Gasteiger partial charge >= 0.3 is 0 Å². The van der Waals surface area contributed by atoms with Gasteiger partial charge in [-0.3, -0.25) is 9.59 Å². The van der Waals surface area contributed by atoms with E-state index in [0.717, 1.165) is 22.4 Å². The third-order valence-corrected chi connectivity index (χ3v) is 5.87. The van der Waals surface area contributed by atoms with Gasteiger partial charge in [0.2, 0.25) is 11.7 Å². The Morgan fingerprint density at radius 1 is 1.06 bits per heavy atom. The Bertz CT molecular complexity index is 1420. The average molecular weight is 459 g/mol. The van der Waals surface area contributed by atoms with E-state index >= 15 is 0 Å². The molecule has 0 radical (unpaired) electrons. The third-order valence-electron chi connectivity index (χ3n) is 5.87. The minimum Gasteiger partial charge on any atom is -0.497 e. The molecule has 0 aliphatic rings. The van der Waals surface area contributed by atoms with Crippen molar-refractivity contribution in [1.29, 1.82) is 0 Å². The number of anilines is 1. The van der Waals surface area contributed by atoms with Crippen molar-refractivity contribution in [3.8, 4) is 28.6 Å². The van der Waals surface area contributed by atoms with Gasteiger partial charge in [-0.15, -0.1) is 0 Å². The molecule has 2 aromatic carbocycles. The van der Waals surface area contributed by atoms with Crippen LogP contribution in [0.3, 0.4) is 0 Å². The summed E-state index contributed by atoms with van der Waals surface area (Å²) in [7, 11) is 1.59. The summed E-state index contributed by atoms with van der Waals surface area (Å²) in [5, 5.41) is 6.94. The first-order valence-corrected chi connectivity index (χ1v) is 10.8. The predicted octanol–water partition coefficient (Wildman–Crippen LogP) is 4.45. The summed E-state index contributed by atoms with van der Waals surface area (Å²) in [5.74, 6) is 0.885. The molecular formula is C26H26N4O4. The number of nitrogens with zero attached hydrogens (tertiary/aromatic N) is 3. The van der Waals surface area contributed by atoms with Crippen LogP contribution in [-0.2, 0) is 11.3 Å². The standard InChI is InChI=1S/C26H26N4O4/c1-15-7-6-8-21(18(15)4)27-22(31)14-30-17(3)13-16(2)23(26(30)32)25-28-24(29-34-25)19-9-11-20(33-5)12-10-19/h6-13H,14H2,1-5H3,(H,27,31). The summed E-state index contributed by atoms with van der Waals surface area (Å²) in [6.45, 7) is 7.39. The zero-order valence-electron chi connectivity index (χ0n) is 19.8. The van der Waals surface area contributed by atoms with E-state index < -0.39 is 0 Å². The molecule has 4 rings (SSSR count). The zero-order valence-corrected chi connectivity index (χ0v) is 19.8. The van der Waals surface area contributed by atoms with E-state index in [1.165, 1.54) is 4.57 Å². The van der Waals surface area contributed by atoms with Crippen molar-refractivity contribution >= 4 is 11.6 Å². The van der Waals surface area contributed by atoms with Gasteiger partial charge in [0, 0.05) is 16.9 Å². The Kier molecular flexibility index (Phi) is 6.32. The van der Waals surface area contributed by atoms with E-state index in [2.05, 4.69) is 15.5 Å². The Morgan fingerprint density at radius 3 is 2.50 bits per heavy atom. The van der Waals surface area contributed by atoms with Crippen LogP contribution in [0.25, 0.3) is 22.8 Å². The number of hydrogen-bond acceptors (Lipinski definition) is 6. The lowest BCUT2D eigenvalue weighted by Crippen LogP contribution is -2.31. The molecule has 2 aromatic heterocycles. The number of hydrogen-bond donors (Lipinski definition) is 1. The van der Waals surface area contributed by atoms with Crippen molar-refractivity contribution in [2.45, 2.75) is 34.2 Å². The molecule has 2 heterocycles. The predicted molar refractivity (Wildman–Crippen MR) is 130 cm³/mol. The molecule has 1 amide bonds. The Morgan fingerprint density at radius 2 is 1.79 bits per heavy atom. The Labute approximate surface area is 197 Å². The van der Waals surface area contributed by atoms with Gasteiger partial charge in [-0.25, -0.2) is 0 Å². The lowest BCUT2D eigenvalue weighted by molar-refractivity contribution is -0.116. The van der Waals surface area contributed by atoms with Crippen molar-refractivity contribution in [3.05, 3.63) is 81.3 Å². The molecule has 1 N–H and O–H groups in total. The Balaban J connectivity index is 1.64. The molecule has 0 aliphatic carbocycles. The minimum absolute atomic E-state index is 0.108. The van der Waals surface area contributed by atoms with Gasteiger partial charge < -0.3 is 19.1 Å². The number of aryl methyl sites for hydroxylation is 3. The minimum atomic E-state index is -0.362. The second-order valence-corrected chi connectivity index (χ2v) is 8.18. The van der Waals surface area contributed by atoms with Gasteiger partial charge in [0.25, 0.3) is 11.4 Å². The first-order chi connectivity index (χ1) is 16.3. The Hall–Kier alpha value is -4.20. The molecule has 0 atom stereocenters. The first-order valence-electron chi connectivity index (χ1n) is 10.8. The highest BCUT2D eigenvalue weighted by Gasteiger charge is 2.20. The molecule has 0 spiro atoms. The van der Waals surface area contributed by atoms with Crippen LogP contribution in [0.1, 0.15) is 22.4 Å². The molecule has 174 valence electrons. The quantitative estimate of drug-likeness (QED) is 0.458. The van der Waals surface area contributed by atoms with Gasteiger partial charge in [0.1, 0.15) is 17.9 Å². The summed E-state index contributed by atoms with van der Waals surface area (Å²) >= 11 is 0. The second-order valence-electron chi connectivity index (χ2n) is 8.18. The maximum atomic E-state index is 13.4. The summed E-state index contributed by atoms with van der Waals surface area (Å²) < 4.78 is 12.0. The highest BCUT2D eigenvalue weighted by Crippen LogP contribution is 2.25. The van der Waals surface area contributed by atoms with E-state index in [9.17, 15) is 9.59 Å². The molecule has 8 nitrogen and oxygen atoms in total. The number of carbonyl (C=O) groups excluding carboxylic acids is 1. The molecule has 0 fully saturated rings. The maximum Gasteiger partial charge on any atom is 0.264 e. The van der Waals surface area contributed by atoms with E-state index in [1.807, 2.05) is 57.2 Å². The van der Waals surface area contributed by atoms with Crippen molar-refractivity contribution in [2.75, 3.05) is 12.4 Å². The maximum absolute atomic E-state index is 13.4. The average Bonchev–Trinajstić information content (AvgIpc) is 3.29. The number of ether oxygens (including phenoxy) is 1. The second kappa shape index (κ2) is 9.35. The number of methoxy groups -OCH3 is 1. The van der Waals surface area contributed by atoms with Crippen molar-refractivity contribution in [2.24, 2.45) is 0 Å². The number of benzene rings is 2. The van der Waals surface area contributed by atoms with Crippen molar-refractivity contribution in [3.63, 3.8) is 0 Å². The normalized spacial score (nSPS) is 10.9. The number of amides is 1. The summed E-state index contributed by atoms with van der Waals surface area (Å²) in [6.07, 6.45) is 0. The number of carbonyl (C=O) groups is 1. The van der Waals surface area contributed by atoms with Crippen LogP contribution in [0.2, 0.25) is 0 Å². The third kappa shape index (κ3) is 4.47. The van der Waals surface area contributed by atoms with Crippen molar-refractivity contribution < 1.29 is 14.1 Å². The van der Waals surface area contributed by atoms with Gasteiger partial charge in [-0.2, -0.15) is 4.98 Å². The molecule has 8 heteroatoms. The van der Waals surface area contributed by atoms with Crippen LogP contribution in [-0.4, -0.2) is 27.7 Å². The molecule has 0 saturated heterocycles. The molecule has 0 saturated carbocycles. The fourth-order valence-electron chi connectivity index (χ4n) is 3.79. The fourth-order valence-corrected chi connectivity index (χ4v) is 3.79. The monoisotopic (exact) mass is 458 g/mol. The van der Waals surface area contributed by atoms with E-state index in [-0.39, 0.29) is 29.5 Å². The van der Waals surface area contributed by atoms with E-state index in [0.29, 0.717) is 22.8 Å². The van der Waals surface area contributed by atoms with Crippen LogP contribution in [0.4, 0.5) is 5.69 Å². The number of rotatable bonds is 6. The van der Waals surface area contributed by atoms with Gasteiger partial charge in [0.05, 0.1) is 7.11 Å². The van der Waals surface area contributed by atoms with E-state index in [4.69, 9.17) is 9.26 Å². The van der Waals surface area contributed by atoms with E-state index in [1.54, 1.807) is 26.2 Å². The first kappa shape index (κ1) is 23.0. The lowest BCUT2D eigenvalue weighted by Gasteiger charge is -2.14. The van der Waals surface area contributed by atoms with Crippen LogP contribution in [0.5, 0.6) is 5.75 Å². The van der Waals surface area contributed by atoms with Crippen LogP contribution < -0.4 is 15.6 Å². The number of pyridine rings is 1. The molecule has 4 aromatic rings. The van der Waals surface area contributed by atoms with Gasteiger partial charge in [-0.05, 0) is 80.8 Å². The molecule has 0 aliphatic heterocycles. The highest BCUT2D eigenvalue weighted by molar-refractivity contribution is 5.91. The van der Waals surface area contributed by atoms with Crippen LogP contribution in [0.15, 0.2) is 57.8 Å². The number of aromatic nitrogens is 3. The zero-order chi connectivity index (χ0) is 24.4. The van der Waals surface area contributed by atoms with Crippen LogP contribution in [0, 0.1) is 27.7 Å². The largest absolute Gasteiger partial charge is 0.497 e. The molecule has 0 bridgehead atoms. The molecule has 0 unspecified atom stereocenters. The highest BCUT2D eigenvalue weighted by atomic mass is 16.5. The lowest BCUT2D eigenvalue weighted by atomic mass is 10.1. The fraction of sp³-hybridized carbons (Fsp3) is 0.231. The molecular weight excluding hydrogens is 432 g/mol. The molecule has 34 heavy (non-hydrogen) atoms. The SMILES string of the molecule is COc1ccc(-c2noc(-c3c(C)cc(C)n(CC(=O)Nc4cccc(C)c4C)c3=O)n2)cc1. The van der Waals surface area contributed by atoms with Crippen LogP contribution >= 0.6 is 0 Å². The number of nitrogens with one attached hydrogen (secondary N) is 1. The van der Waals surface area contributed by atoms with Gasteiger partial charge in [0.15, 0.2) is 0 Å². The smallest absolute Gasteiger partial charge is 0.264 e. The summed E-state index contributed by atoms with van der Waals surface area (Å²) in [6, 6.07) is 14.8. The van der Waals surface area contributed by atoms with Gasteiger partial charge in [-0.1, -0.05) is 17.3 Å². The summed E-state index contributed by atoms with van der Waals surface area (Å²) in [5.41, 5.74) is 4.79.